The van der Waals surface area contributed by atoms with E-state index in [9.17, 15) is 4.79 Å². The quantitative estimate of drug-likeness (QED) is 0.137. The van der Waals surface area contributed by atoms with Crippen LogP contribution < -0.4 is 19.8 Å². The van der Waals surface area contributed by atoms with Crippen molar-refractivity contribution in [2.45, 2.75) is 98.0 Å². The van der Waals surface area contributed by atoms with Gasteiger partial charge in [0.1, 0.15) is 11.3 Å². The summed E-state index contributed by atoms with van der Waals surface area (Å²) in [5.41, 5.74) is -0.0832. The minimum atomic E-state index is -0.530. The summed E-state index contributed by atoms with van der Waals surface area (Å²) < 4.78 is 23.2. The number of hydrogen-bond acceptors (Lipinski definition) is 5. The fourth-order valence-corrected chi connectivity index (χ4v) is 3.64. The minimum absolute atomic E-state index is 0.102. The van der Waals surface area contributed by atoms with Gasteiger partial charge in [-0.2, -0.15) is 0 Å². The molecule has 2 aromatic rings. The zero-order valence-corrected chi connectivity index (χ0v) is 21.0. The summed E-state index contributed by atoms with van der Waals surface area (Å²) in [6.07, 6.45) is 15.8. The van der Waals surface area contributed by atoms with Gasteiger partial charge in [0.05, 0.1) is 24.7 Å². The Hall–Kier alpha value is -2.43. The summed E-state index contributed by atoms with van der Waals surface area (Å²) in [6, 6.07) is 5.54. The third kappa shape index (κ3) is 9.53. The molecule has 0 radical (unpaired) electrons. The molecule has 5 heteroatoms. The minimum Gasteiger partial charge on any atom is -0.493 e. The van der Waals surface area contributed by atoms with Crippen LogP contribution in [-0.2, 0) is 0 Å². The van der Waals surface area contributed by atoms with Crippen LogP contribution in [0.5, 0.6) is 17.2 Å². The molecule has 1 heterocycles. The van der Waals surface area contributed by atoms with Crippen LogP contribution in [0.1, 0.15) is 91.9 Å². The molecular weight excluding hydrogens is 416 g/mol. The van der Waals surface area contributed by atoms with Crippen molar-refractivity contribution < 1.29 is 18.6 Å². The lowest BCUT2D eigenvalue weighted by atomic mass is 10.1. The topological polar surface area (TPSA) is 57.9 Å². The van der Waals surface area contributed by atoms with E-state index in [2.05, 4.69) is 19.9 Å². The van der Waals surface area contributed by atoms with Gasteiger partial charge >= 0.3 is 5.63 Å². The number of unbranched alkanes of at least 4 members (excludes halogenated alkanes) is 7. The smallest absolute Gasteiger partial charge is 0.383 e. The lowest BCUT2D eigenvalue weighted by molar-refractivity contribution is 0.219. The van der Waals surface area contributed by atoms with E-state index >= 15 is 0 Å². The molecule has 0 spiro atoms. The SMILES string of the molecule is CC/C=C/CCOc1c(OC(C)C)c2ccc(OCCCCCCCCCC)cc2oc1=O. The molecule has 1 aromatic carbocycles. The van der Waals surface area contributed by atoms with Crippen molar-refractivity contribution in [3.63, 3.8) is 0 Å². The number of fused-ring (bicyclic) bond motifs is 1. The molecule has 0 saturated heterocycles. The third-order valence-corrected chi connectivity index (χ3v) is 5.35. The molecule has 0 atom stereocenters. The first kappa shape index (κ1) is 26.8. The van der Waals surface area contributed by atoms with Crippen LogP contribution in [0.3, 0.4) is 0 Å². The standard InChI is InChI=1S/C28H42O5/c1-5-7-9-11-12-13-14-16-19-30-23-17-18-24-25(21-23)33-28(29)27(26(24)32-22(3)4)31-20-15-10-8-6-2/h8,10,17-18,21-22H,5-7,9,11-16,19-20H2,1-4H3/b10-8+. The zero-order chi connectivity index (χ0) is 23.9. The van der Waals surface area contributed by atoms with Crippen LogP contribution in [0.15, 0.2) is 39.6 Å². The van der Waals surface area contributed by atoms with E-state index in [1.807, 2.05) is 32.1 Å². The molecule has 0 aliphatic heterocycles. The van der Waals surface area contributed by atoms with Crippen molar-refractivity contribution >= 4 is 11.0 Å². The Morgan fingerprint density at radius 2 is 1.61 bits per heavy atom. The van der Waals surface area contributed by atoms with Crippen molar-refractivity contribution in [2.24, 2.45) is 0 Å². The molecule has 2 rings (SSSR count). The fraction of sp³-hybridized carbons (Fsp3) is 0.607. The van der Waals surface area contributed by atoms with E-state index in [1.54, 1.807) is 6.07 Å². The second-order valence-corrected chi connectivity index (χ2v) is 8.71. The molecule has 5 nitrogen and oxygen atoms in total. The highest BCUT2D eigenvalue weighted by Crippen LogP contribution is 2.35. The van der Waals surface area contributed by atoms with Crippen LogP contribution in [0, 0.1) is 0 Å². The Labute approximate surface area is 199 Å². The van der Waals surface area contributed by atoms with E-state index in [4.69, 9.17) is 18.6 Å². The van der Waals surface area contributed by atoms with Crippen LogP contribution in [0.4, 0.5) is 0 Å². The molecule has 0 saturated carbocycles. The van der Waals surface area contributed by atoms with E-state index in [-0.39, 0.29) is 11.9 Å². The first-order valence-electron chi connectivity index (χ1n) is 12.7. The lowest BCUT2D eigenvalue weighted by Crippen LogP contribution is -2.14. The van der Waals surface area contributed by atoms with Crippen molar-refractivity contribution in [3.05, 3.63) is 40.8 Å². The van der Waals surface area contributed by atoms with Crippen molar-refractivity contribution in [1.29, 1.82) is 0 Å². The fourth-order valence-electron chi connectivity index (χ4n) is 3.64. The molecule has 0 bridgehead atoms. The van der Waals surface area contributed by atoms with Gasteiger partial charge < -0.3 is 18.6 Å². The van der Waals surface area contributed by atoms with Crippen molar-refractivity contribution in [3.8, 4) is 17.2 Å². The van der Waals surface area contributed by atoms with Gasteiger partial charge in [-0.05, 0) is 45.2 Å². The maximum atomic E-state index is 12.7. The van der Waals surface area contributed by atoms with E-state index in [0.717, 1.165) is 19.3 Å². The molecular formula is C28H42O5. The number of ether oxygens (including phenoxy) is 3. The van der Waals surface area contributed by atoms with Crippen LogP contribution in [-0.4, -0.2) is 19.3 Å². The van der Waals surface area contributed by atoms with Crippen LogP contribution in [0.2, 0.25) is 0 Å². The Bertz CT molecular complexity index is 897. The Kier molecular flexibility index (Phi) is 12.5. The highest BCUT2D eigenvalue weighted by molar-refractivity contribution is 5.86. The van der Waals surface area contributed by atoms with E-state index in [0.29, 0.717) is 35.7 Å². The van der Waals surface area contributed by atoms with Crippen LogP contribution in [0.25, 0.3) is 11.0 Å². The first-order chi connectivity index (χ1) is 16.1. The summed E-state index contributed by atoms with van der Waals surface area (Å²) >= 11 is 0. The summed E-state index contributed by atoms with van der Waals surface area (Å²) in [5, 5.41) is 0.710. The van der Waals surface area contributed by atoms with Crippen LogP contribution >= 0.6 is 0 Å². The monoisotopic (exact) mass is 458 g/mol. The third-order valence-electron chi connectivity index (χ3n) is 5.35. The summed E-state index contributed by atoms with van der Waals surface area (Å²) in [4.78, 5) is 12.7. The van der Waals surface area contributed by atoms with Gasteiger partial charge in [0, 0.05) is 6.07 Å². The van der Waals surface area contributed by atoms with Crippen molar-refractivity contribution in [1.82, 2.24) is 0 Å². The van der Waals surface area contributed by atoms with Gasteiger partial charge in [-0.15, -0.1) is 0 Å². The number of rotatable bonds is 17. The number of hydrogen-bond donors (Lipinski definition) is 0. The lowest BCUT2D eigenvalue weighted by Gasteiger charge is -2.16. The molecule has 0 unspecified atom stereocenters. The van der Waals surface area contributed by atoms with Gasteiger partial charge in [0.15, 0.2) is 5.75 Å². The second-order valence-electron chi connectivity index (χ2n) is 8.71. The highest BCUT2D eigenvalue weighted by Gasteiger charge is 2.19. The Morgan fingerprint density at radius 3 is 2.30 bits per heavy atom. The molecule has 33 heavy (non-hydrogen) atoms. The zero-order valence-electron chi connectivity index (χ0n) is 21.0. The number of benzene rings is 1. The molecule has 0 N–H and O–H groups in total. The average molecular weight is 459 g/mol. The first-order valence-corrected chi connectivity index (χ1v) is 12.7. The predicted octanol–water partition coefficient (Wildman–Crippen LogP) is 7.83. The van der Waals surface area contributed by atoms with Gasteiger partial charge in [-0.25, -0.2) is 4.79 Å². The maximum Gasteiger partial charge on any atom is 0.383 e. The molecule has 0 aliphatic rings. The molecule has 0 aliphatic carbocycles. The summed E-state index contributed by atoms with van der Waals surface area (Å²) in [7, 11) is 0. The molecule has 0 fully saturated rings. The van der Waals surface area contributed by atoms with Gasteiger partial charge in [-0.1, -0.05) is 70.9 Å². The molecule has 1 aromatic heterocycles. The Balaban J connectivity index is 2.00. The second kappa shape index (κ2) is 15.4. The summed E-state index contributed by atoms with van der Waals surface area (Å²) in [5.74, 6) is 1.27. The molecule has 184 valence electrons. The van der Waals surface area contributed by atoms with E-state index < -0.39 is 5.63 Å². The largest absolute Gasteiger partial charge is 0.493 e. The molecule has 0 amide bonds. The van der Waals surface area contributed by atoms with Gasteiger partial charge in [0.25, 0.3) is 0 Å². The maximum absolute atomic E-state index is 12.7. The highest BCUT2D eigenvalue weighted by atomic mass is 16.5. The normalized spacial score (nSPS) is 11.5. The van der Waals surface area contributed by atoms with E-state index in [1.165, 1.54) is 44.9 Å². The van der Waals surface area contributed by atoms with Gasteiger partial charge in [0.2, 0.25) is 5.75 Å². The number of allylic oxidation sites excluding steroid dienone is 1. The van der Waals surface area contributed by atoms with Crippen molar-refractivity contribution in [2.75, 3.05) is 13.2 Å². The van der Waals surface area contributed by atoms with Gasteiger partial charge in [-0.3, -0.25) is 0 Å². The predicted molar refractivity (Wildman–Crippen MR) is 136 cm³/mol. The summed E-state index contributed by atoms with van der Waals surface area (Å²) in [6.45, 7) is 9.23. The Morgan fingerprint density at radius 1 is 0.879 bits per heavy atom. The average Bonchev–Trinajstić information content (AvgIpc) is 2.79.